The molecule has 0 N–H and O–H groups in total. The summed E-state index contributed by atoms with van der Waals surface area (Å²) in [6.07, 6.45) is 5.45. The maximum Gasteiger partial charge on any atom is 0.168 e. The van der Waals surface area contributed by atoms with Gasteiger partial charge < -0.3 is 0 Å². The lowest BCUT2D eigenvalue weighted by Crippen LogP contribution is -2.22. The minimum atomic E-state index is 0.102. The summed E-state index contributed by atoms with van der Waals surface area (Å²) in [5.74, 6) is 1.01. The monoisotopic (exact) mass is 284 g/mol. The van der Waals surface area contributed by atoms with E-state index in [1.165, 1.54) is 6.42 Å². The number of ketones is 1. The molecular formula is C15H18Cl2O. The normalized spacial score (nSPS) is 23.9. The second-order valence-electron chi connectivity index (χ2n) is 5.09. The summed E-state index contributed by atoms with van der Waals surface area (Å²) in [5, 5.41) is 0.954. The van der Waals surface area contributed by atoms with Gasteiger partial charge in [0, 0.05) is 5.92 Å². The predicted octanol–water partition coefficient (Wildman–Crippen LogP) is 5.39. The van der Waals surface area contributed by atoms with Crippen LogP contribution >= 0.6 is 23.2 Å². The summed E-state index contributed by atoms with van der Waals surface area (Å²) < 4.78 is 0. The number of carbonyl (C=O) groups excluding carboxylic acids is 1. The molecule has 0 saturated heterocycles. The van der Waals surface area contributed by atoms with Gasteiger partial charge in [-0.1, -0.05) is 42.6 Å². The number of rotatable bonds is 3. The molecule has 1 nitrogen and oxygen atoms in total. The Hall–Kier alpha value is -0.530. The number of hydrogen-bond donors (Lipinski definition) is 0. The highest BCUT2D eigenvalue weighted by Gasteiger charge is 2.28. The standard InChI is InChI=1S/C15H18Cl2O/c1-2-10-6-8-11(9-7-10)15(18)14-12(16)4-3-5-13(14)17/h3-5,10-11H,2,6-9H2,1H3. The van der Waals surface area contributed by atoms with Crippen LogP contribution < -0.4 is 0 Å². The first-order valence-corrected chi connectivity index (χ1v) is 7.37. The highest BCUT2D eigenvalue weighted by atomic mass is 35.5. The molecule has 3 heteroatoms. The molecule has 98 valence electrons. The van der Waals surface area contributed by atoms with Crippen molar-refractivity contribution >= 4 is 29.0 Å². The van der Waals surface area contributed by atoms with E-state index in [0.29, 0.717) is 15.6 Å². The average Bonchev–Trinajstić information content (AvgIpc) is 2.38. The predicted molar refractivity (Wildman–Crippen MR) is 76.5 cm³/mol. The van der Waals surface area contributed by atoms with E-state index in [9.17, 15) is 4.79 Å². The van der Waals surface area contributed by atoms with Gasteiger partial charge in [0.05, 0.1) is 15.6 Å². The molecule has 0 unspecified atom stereocenters. The third-order valence-corrected chi connectivity index (χ3v) is 4.63. The quantitative estimate of drug-likeness (QED) is 0.680. The molecule has 1 fully saturated rings. The fourth-order valence-electron chi connectivity index (χ4n) is 2.77. The van der Waals surface area contributed by atoms with Crippen LogP contribution in [-0.2, 0) is 0 Å². The maximum absolute atomic E-state index is 12.5. The Morgan fingerprint density at radius 3 is 2.22 bits per heavy atom. The number of hydrogen-bond acceptors (Lipinski definition) is 1. The van der Waals surface area contributed by atoms with Crippen molar-refractivity contribution in [1.82, 2.24) is 0 Å². The Kier molecular flexibility index (Phi) is 4.69. The van der Waals surface area contributed by atoms with Crippen molar-refractivity contribution in [2.75, 3.05) is 0 Å². The van der Waals surface area contributed by atoms with Gasteiger partial charge in [0.25, 0.3) is 0 Å². The second-order valence-corrected chi connectivity index (χ2v) is 5.90. The van der Waals surface area contributed by atoms with Crippen LogP contribution in [0.15, 0.2) is 18.2 Å². The number of carbonyl (C=O) groups is 1. The van der Waals surface area contributed by atoms with Crippen LogP contribution in [0, 0.1) is 11.8 Å². The molecule has 0 aromatic heterocycles. The smallest absolute Gasteiger partial charge is 0.168 e. The van der Waals surface area contributed by atoms with Gasteiger partial charge in [0.1, 0.15) is 0 Å². The first-order chi connectivity index (χ1) is 8.63. The van der Waals surface area contributed by atoms with Crippen molar-refractivity contribution in [2.45, 2.75) is 39.0 Å². The minimum absolute atomic E-state index is 0.102. The van der Waals surface area contributed by atoms with E-state index < -0.39 is 0 Å². The Morgan fingerprint density at radius 1 is 1.17 bits per heavy atom. The van der Waals surface area contributed by atoms with Crippen LogP contribution in [0.1, 0.15) is 49.4 Å². The molecule has 1 saturated carbocycles. The van der Waals surface area contributed by atoms with Crippen LogP contribution in [0.3, 0.4) is 0 Å². The molecule has 1 aromatic rings. The molecule has 1 aromatic carbocycles. The van der Waals surface area contributed by atoms with Gasteiger partial charge in [0.2, 0.25) is 0 Å². The molecule has 1 aliphatic rings. The largest absolute Gasteiger partial charge is 0.294 e. The molecule has 1 aliphatic carbocycles. The van der Waals surface area contributed by atoms with E-state index in [1.54, 1.807) is 18.2 Å². The Balaban J connectivity index is 2.13. The van der Waals surface area contributed by atoms with Gasteiger partial charge in [-0.2, -0.15) is 0 Å². The summed E-state index contributed by atoms with van der Waals surface area (Å²) in [6, 6.07) is 5.24. The lowest BCUT2D eigenvalue weighted by Gasteiger charge is -2.27. The molecule has 0 aliphatic heterocycles. The van der Waals surface area contributed by atoms with Crippen molar-refractivity contribution < 1.29 is 4.79 Å². The summed E-state index contributed by atoms with van der Waals surface area (Å²) in [6.45, 7) is 2.22. The topological polar surface area (TPSA) is 17.1 Å². The minimum Gasteiger partial charge on any atom is -0.294 e. The molecule has 2 rings (SSSR count). The summed E-state index contributed by atoms with van der Waals surface area (Å²) in [5.41, 5.74) is 0.515. The van der Waals surface area contributed by atoms with Gasteiger partial charge in [-0.3, -0.25) is 4.79 Å². The second kappa shape index (κ2) is 6.08. The molecule has 0 bridgehead atoms. The molecular weight excluding hydrogens is 267 g/mol. The number of Topliss-reactive ketones (excluding diaryl/α,β-unsaturated/α-hetero) is 1. The fourth-order valence-corrected chi connectivity index (χ4v) is 3.35. The van der Waals surface area contributed by atoms with Gasteiger partial charge in [-0.05, 0) is 43.7 Å². The highest BCUT2D eigenvalue weighted by Crippen LogP contribution is 2.35. The molecule has 18 heavy (non-hydrogen) atoms. The van der Waals surface area contributed by atoms with E-state index in [4.69, 9.17) is 23.2 Å². The highest BCUT2D eigenvalue weighted by molar-refractivity contribution is 6.39. The zero-order valence-corrected chi connectivity index (χ0v) is 12.1. The van der Waals surface area contributed by atoms with Gasteiger partial charge in [-0.15, -0.1) is 0 Å². The van der Waals surface area contributed by atoms with E-state index >= 15 is 0 Å². The van der Waals surface area contributed by atoms with Crippen molar-refractivity contribution in [3.8, 4) is 0 Å². The molecule has 0 spiro atoms. The van der Waals surface area contributed by atoms with E-state index in [-0.39, 0.29) is 11.7 Å². The van der Waals surface area contributed by atoms with Crippen LogP contribution in [0.2, 0.25) is 10.0 Å². The van der Waals surface area contributed by atoms with Crippen LogP contribution in [0.4, 0.5) is 0 Å². The molecule has 0 radical (unpaired) electrons. The SMILES string of the molecule is CCC1CCC(C(=O)c2c(Cl)cccc2Cl)CC1. The van der Waals surface area contributed by atoms with Crippen LogP contribution in [0.25, 0.3) is 0 Å². The lowest BCUT2D eigenvalue weighted by atomic mass is 9.78. The molecule has 0 heterocycles. The van der Waals surface area contributed by atoms with Gasteiger partial charge in [-0.25, -0.2) is 0 Å². The van der Waals surface area contributed by atoms with Crippen molar-refractivity contribution in [1.29, 1.82) is 0 Å². The Morgan fingerprint density at radius 2 is 1.72 bits per heavy atom. The van der Waals surface area contributed by atoms with Crippen molar-refractivity contribution in [2.24, 2.45) is 11.8 Å². The van der Waals surface area contributed by atoms with Crippen molar-refractivity contribution in [3.63, 3.8) is 0 Å². The number of benzene rings is 1. The summed E-state index contributed by atoms with van der Waals surface area (Å²) >= 11 is 12.2. The fraction of sp³-hybridized carbons (Fsp3) is 0.533. The Labute approximate surface area is 118 Å². The zero-order chi connectivity index (χ0) is 13.1. The zero-order valence-electron chi connectivity index (χ0n) is 10.6. The van der Waals surface area contributed by atoms with Crippen LogP contribution in [-0.4, -0.2) is 5.78 Å². The summed E-state index contributed by atoms with van der Waals surface area (Å²) in [7, 11) is 0. The number of halogens is 2. The average molecular weight is 285 g/mol. The van der Waals surface area contributed by atoms with E-state index in [0.717, 1.165) is 31.6 Å². The van der Waals surface area contributed by atoms with Crippen LogP contribution in [0.5, 0.6) is 0 Å². The maximum atomic E-state index is 12.5. The Bertz CT molecular complexity index is 414. The first-order valence-electron chi connectivity index (χ1n) is 6.61. The molecule has 0 atom stereocenters. The first kappa shape index (κ1) is 13.9. The third-order valence-electron chi connectivity index (χ3n) is 4.00. The molecule has 0 amide bonds. The van der Waals surface area contributed by atoms with Gasteiger partial charge >= 0.3 is 0 Å². The summed E-state index contributed by atoms with van der Waals surface area (Å²) in [4.78, 5) is 12.5. The van der Waals surface area contributed by atoms with E-state index in [1.807, 2.05) is 0 Å². The van der Waals surface area contributed by atoms with Crippen molar-refractivity contribution in [3.05, 3.63) is 33.8 Å². The third kappa shape index (κ3) is 2.89. The van der Waals surface area contributed by atoms with Gasteiger partial charge in [0.15, 0.2) is 5.78 Å². The van der Waals surface area contributed by atoms with E-state index in [2.05, 4.69) is 6.92 Å². The lowest BCUT2D eigenvalue weighted by molar-refractivity contribution is 0.0871.